The molecule has 3 heterocycles. The van der Waals surface area contributed by atoms with Crippen LogP contribution >= 0.6 is 11.3 Å². The molecule has 2 amide bonds. The summed E-state index contributed by atoms with van der Waals surface area (Å²) in [5.41, 5.74) is 1.07. The highest BCUT2D eigenvalue weighted by molar-refractivity contribution is 7.17. The Morgan fingerprint density at radius 3 is 2.90 bits per heavy atom. The molecule has 0 radical (unpaired) electrons. The van der Waals surface area contributed by atoms with Crippen molar-refractivity contribution in [3.63, 3.8) is 0 Å². The number of para-hydroxylation sites is 2. The lowest BCUT2D eigenvalue weighted by atomic mass is 10.1. The van der Waals surface area contributed by atoms with Crippen LogP contribution in [0.25, 0.3) is 10.2 Å². The van der Waals surface area contributed by atoms with Crippen LogP contribution in [0.4, 0.5) is 5.69 Å². The van der Waals surface area contributed by atoms with Gasteiger partial charge in [-0.25, -0.2) is 4.98 Å². The molecular formula is C21H22N4O4S. The maximum Gasteiger partial charge on any atom is 0.268 e. The molecule has 1 atom stereocenters. The van der Waals surface area contributed by atoms with Gasteiger partial charge >= 0.3 is 0 Å². The predicted molar refractivity (Wildman–Crippen MR) is 115 cm³/mol. The third-order valence-corrected chi connectivity index (χ3v) is 5.84. The Kier molecular flexibility index (Phi) is 5.54. The lowest BCUT2D eigenvalue weighted by Crippen LogP contribution is -2.51. The van der Waals surface area contributed by atoms with Crippen molar-refractivity contribution in [1.29, 1.82) is 0 Å². The highest BCUT2D eigenvalue weighted by atomic mass is 32.1. The smallest absolute Gasteiger partial charge is 0.268 e. The molecule has 0 fully saturated rings. The molecule has 0 saturated heterocycles. The number of ether oxygens (including phenoxy) is 1. The SMILES string of the molecule is CCCN(Cc1nc2ccsc2c(=O)[nH]1)C(=O)[C@H]1CN(C(C)=O)c2ccccc2O1. The van der Waals surface area contributed by atoms with E-state index in [-0.39, 0.29) is 30.5 Å². The van der Waals surface area contributed by atoms with E-state index >= 15 is 0 Å². The minimum absolute atomic E-state index is 0.138. The lowest BCUT2D eigenvalue weighted by Gasteiger charge is -2.35. The predicted octanol–water partition coefficient (Wildman–Crippen LogP) is 2.54. The molecule has 156 valence electrons. The summed E-state index contributed by atoms with van der Waals surface area (Å²) in [4.78, 5) is 48.2. The highest BCUT2D eigenvalue weighted by Gasteiger charge is 2.35. The van der Waals surface area contributed by atoms with Gasteiger partial charge in [0.25, 0.3) is 11.5 Å². The summed E-state index contributed by atoms with van der Waals surface area (Å²) in [5.74, 6) is 0.525. The number of carbonyl (C=O) groups is 2. The van der Waals surface area contributed by atoms with Gasteiger partial charge in [-0.15, -0.1) is 11.3 Å². The van der Waals surface area contributed by atoms with Gasteiger partial charge in [0, 0.05) is 13.5 Å². The zero-order valence-corrected chi connectivity index (χ0v) is 17.6. The number of fused-ring (bicyclic) bond motifs is 2. The number of nitrogens with one attached hydrogen (secondary N) is 1. The van der Waals surface area contributed by atoms with Crippen LogP contribution < -0.4 is 15.2 Å². The molecule has 0 spiro atoms. The van der Waals surface area contributed by atoms with Crippen molar-refractivity contribution in [2.45, 2.75) is 32.9 Å². The molecule has 8 nitrogen and oxygen atoms in total. The molecule has 0 saturated carbocycles. The second-order valence-electron chi connectivity index (χ2n) is 7.11. The van der Waals surface area contributed by atoms with Gasteiger partial charge in [-0.3, -0.25) is 14.4 Å². The van der Waals surface area contributed by atoms with Crippen LogP contribution in [0.15, 0.2) is 40.5 Å². The van der Waals surface area contributed by atoms with E-state index in [1.807, 2.05) is 18.4 Å². The number of anilines is 1. The fourth-order valence-electron chi connectivity index (χ4n) is 3.58. The molecule has 2 aromatic heterocycles. The maximum absolute atomic E-state index is 13.3. The minimum atomic E-state index is -0.827. The van der Waals surface area contributed by atoms with Crippen molar-refractivity contribution >= 4 is 39.1 Å². The Morgan fingerprint density at radius 1 is 1.33 bits per heavy atom. The Bertz CT molecular complexity index is 1160. The Labute approximate surface area is 177 Å². The quantitative estimate of drug-likeness (QED) is 0.676. The highest BCUT2D eigenvalue weighted by Crippen LogP contribution is 2.33. The van der Waals surface area contributed by atoms with Crippen LogP contribution in [0.1, 0.15) is 26.1 Å². The molecule has 1 aromatic carbocycles. The number of aromatic nitrogens is 2. The number of H-pyrrole nitrogens is 1. The number of hydrogen-bond acceptors (Lipinski definition) is 6. The van der Waals surface area contributed by atoms with Gasteiger partial charge < -0.3 is 19.5 Å². The molecule has 1 N–H and O–H groups in total. The van der Waals surface area contributed by atoms with E-state index in [9.17, 15) is 14.4 Å². The van der Waals surface area contributed by atoms with Gasteiger partial charge in [0.1, 0.15) is 16.3 Å². The van der Waals surface area contributed by atoms with Crippen LogP contribution in [0.2, 0.25) is 0 Å². The summed E-state index contributed by atoms with van der Waals surface area (Å²) in [6, 6.07) is 8.96. The van der Waals surface area contributed by atoms with Crippen LogP contribution in [-0.2, 0) is 16.1 Å². The Hall–Kier alpha value is -3.20. The van der Waals surface area contributed by atoms with Crippen LogP contribution in [0.3, 0.4) is 0 Å². The molecule has 3 aromatic rings. The number of thiophene rings is 1. The van der Waals surface area contributed by atoms with E-state index in [0.29, 0.717) is 34.0 Å². The zero-order valence-electron chi connectivity index (χ0n) is 16.8. The second-order valence-corrected chi connectivity index (χ2v) is 8.03. The number of amides is 2. The van der Waals surface area contributed by atoms with E-state index in [2.05, 4.69) is 9.97 Å². The molecule has 0 aliphatic carbocycles. The first kappa shape index (κ1) is 20.1. The van der Waals surface area contributed by atoms with Crippen LogP contribution in [0.5, 0.6) is 5.75 Å². The molecule has 9 heteroatoms. The summed E-state index contributed by atoms with van der Waals surface area (Å²) in [6.45, 7) is 4.22. The lowest BCUT2D eigenvalue weighted by molar-refractivity contribution is -0.139. The van der Waals surface area contributed by atoms with E-state index < -0.39 is 6.10 Å². The summed E-state index contributed by atoms with van der Waals surface area (Å²) >= 11 is 1.33. The van der Waals surface area contributed by atoms with Crippen molar-refractivity contribution in [3.8, 4) is 5.75 Å². The van der Waals surface area contributed by atoms with Crippen molar-refractivity contribution < 1.29 is 14.3 Å². The monoisotopic (exact) mass is 426 g/mol. The number of hydrogen-bond donors (Lipinski definition) is 1. The van der Waals surface area contributed by atoms with E-state index in [1.54, 1.807) is 34.1 Å². The van der Waals surface area contributed by atoms with Gasteiger partial charge in [0.2, 0.25) is 5.91 Å². The molecule has 1 aliphatic rings. The fourth-order valence-corrected chi connectivity index (χ4v) is 4.30. The number of carbonyl (C=O) groups excluding carboxylic acids is 2. The molecule has 4 rings (SSSR count). The van der Waals surface area contributed by atoms with Crippen molar-refractivity contribution in [1.82, 2.24) is 14.9 Å². The van der Waals surface area contributed by atoms with E-state index in [1.165, 1.54) is 18.3 Å². The van der Waals surface area contributed by atoms with Crippen LogP contribution in [0, 0.1) is 0 Å². The van der Waals surface area contributed by atoms with Crippen molar-refractivity contribution in [2.75, 3.05) is 18.0 Å². The van der Waals surface area contributed by atoms with Crippen molar-refractivity contribution in [2.24, 2.45) is 0 Å². The van der Waals surface area contributed by atoms with Gasteiger partial charge in [0.15, 0.2) is 6.10 Å². The normalized spacial score (nSPS) is 15.5. The average molecular weight is 426 g/mol. The van der Waals surface area contributed by atoms with E-state index in [0.717, 1.165) is 6.42 Å². The van der Waals surface area contributed by atoms with Crippen LogP contribution in [-0.4, -0.2) is 45.9 Å². The zero-order chi connectivity index (χ0) is 21.3. The van der Waals surface area contributed by atoms with Gasteiger partial charge in [-0.1, -0.05) is 19.1 Å². The third-order valence-electron chi connectivity index (χ3n) is 4.94. The number of aromatic amines is 1. The van der Waals surface area contributed by atoms with E-state index in [4.69, 9.17) is 4.74 Å². The van der Waals surface area contributed by atoms with Gasteiger partial charge in [0.05, 0.1) is 24.3 Å². The topological polar surface area (TPSA) is 95.6 Å². The van der Waals surface area contributed by atoms with Crippen molar-refractivity contribution in [3.05, 3.63) is 51.9 Å². The summed E-state index contributed by atoms with van der Waals surface area (Å²) in [7, 11) is 0. The Morgan fingerprint density at radius 2 is 2.13 bits per heavy atom. The summed E-state index contributed by atoms with van der Waals surface area (Å²) in [5, 5.41) is 1.81. The number of benzene rings is 1. The molecule has 0 bridgehead atoms. The minimum Gasteiger partial charge on any atom is -0.476 e. The molecule has 1 aliphatic heterocycles. The first-order chi connectivity index (χ1) is 14.5. The third kappa shape index (κ3) is 3.80. The standard InChI is InChI=1S/C21H22N4O4S/c1-3-9-24(12-18-22-14-8-10-30-19(14)20(27)23-18)21(28)17-11-25(13(2)26)15-6-4-5-7-16(15)29-17/h4-8,10,17H,3,9,11-12H2,1-2H3,(H,22,23,27)/t17-/m1/s1. The fraction of sp³-hybridized carbons (Fsp3) is 0.333. The number of nitrogens with zero attached hydrogens (tertiary/aromatic N) is 3. The first-order valence-electron chi connectivity index (χ1n) is 9.77. The Balaban J connectivity index is 1.60. The molecule has 30 heavy (non-hydrogen) atoms. The largest absolute Gasteiger partial charge is 0.476 e. The summed E-state index contributed by atoms with van der Waals surface area (Å²) in [6.07, 6.45) is -0.0944. The first-order valence-corrected chi connectivity index (χ1v) is 10.6. The maximum atomic E-state index is 13.3. The average Bonchev–Trinajstić information content (AvgIpc) is 3.21. The number of rotatable bonds is 5. The molecular weight excluding hydrogens is 404 g/mol. The molecule has 0 unspecified atom stereocenters. The van der Waals surface area contributed by atoms with Gasteiger partial charge in [-0.05, 0) is 30.0 Å². The summed E-state index contributed by atoms with van der Waals surface area (Å²) < 4.78 is 6.51. The second kappa shape index (κ2) is 8.27. The van der Waals surface area contributed by atoms with Gasteiger partial charge in [-0.2, -0.15) is 0 Å².